The molecule has 1 aromatic heterocycles. The Kier molecular flexibility index (Phi) is 5.03. The van der Waals surface area contributed by atoms with Crippen molar-refractivity contribution in [2.75, 3.05) is 7.11 Å². The average molecular weight is 352 g/mol. The monoisotopic (exact) mass is 351 g/mol. The van der Waals surface area contributed by atoms with Crippen molar-refractivity contribution in [3.05, 3.63) is 52.1 Å². The molecule has 20 heavy (non-hydrogen) atoms. The van der Waals surface area contributed by atoms with E-state index in [9.17, 15) is 0 Å². The number of hydrogen-bond donors (Lipinski definition) is 2. The highest BCUT2D eigenvalue weighted by Gasteiger charge is 2.07. The highest BCUT2D eigenvalue weighted by Crippen LogP contribution is 2.28. The van der Waals surface area contributed by atoms with Gasteiger partial charge >= 0.3 is 0 Å². The minimum Gasteiger partial charge on any atom is -0.496 e. The quantitative estimate of drug-likeness (QED) is 0.491. The number of benzene rings is 1. The van der Waals surface area contributed by atoms with Crippen LogP contribution in [0.25, 0.3) is 0 Å². The number of methoxy groups -OCH3 is 1. The SMILES string of the molecule is COc1ccc(C(=N)N)cc1CSc1ccc(Br)cn1. The molecule has 0 amide bonds. The van der Waals surface area contributed by atoms with Gasteiger partial charge in [-0.1, -0.05) is 0 Å². The normalized spacial score (nSPS) is 10.3. The van der Waals surface area contributed by atoms with E-state index in [-0.39, 0.29) is 5.84 Å². The Bertz CT molecular complexity index is 616. The Morgan fingerprint density at radius 2 is 2.20 bits per heavy atom. The number of thioether (sulfide) groups is 1. The molecule has 0 saturated carbocycles. The number of rotatable bonds is 5. The number of nitrogen functional groups attached to an aromatic ring is 1. The Morgan fingerprint density at radius 1 is 1.40 bits per heavy atom. The minimum atomic E-state index is 0.0562. The second-order valence-electron chi connectivity index (χ2n) is 4.04. The summed E-state index contributed by atoms with van der Waals surface area (Å²) in [4.78, 5) is 4.31. The maximum atomic E-state index is 7.49. The third kappa shape index (κ3) is 3.74. The molecule has 0 spiro atoms. The number of nitrogens with one attached hydrogen (secondary N) is 1. The van der Waals surface area contributed by atoms with E-state index in [1.165, 1.54) is 0 Å². The van der Waals surface area contributed by atoms with Crippen molar-refractivity contribution in [1.82, 2.24) is 4.98 Å². The standard InChI is InChI=1S/C14H14BrN3OS/c1-19-12-4-2-9(14(16)17)6-10(12)8-20-13-5-3-11(15)7-18-13/h2-7H,8H2,1H3,(H3,16,17). The van der Waals surface area contributed by atoms with E-state index in [1.54, 1.807) is 31.1 Å². The van der Waals surface area contributed by atoms with Crippen LogP contribution in [-0.4, -0.2) is 17.9 Å². The number of amidine groups is 1. The third-order valence-electron chi connectivity index (χ3n) is 2.67. The molecule has 0 saturated heterocycles. The Morgan fingerprint density at radius 3 is 2.80 bits per heavy atom. The number of ether oxygens (including phenoxy) is 1. The zero-order chi connectivity index (χ0) is 14.5. The number of nitrogens with zero attached hydrogens (tertiary/aromatic N) is 1. The fourth-order valence-electron chi connectivity index (χ4n) is 1.66. The molecule has 0 aliphatic carbocycles. The van der Waals surface area contributed by atoms with Crippen molar-refractivity contribution >= 4 is 33.5 Å². The maximum absolute atomic E-state index is 7.49. The molecule has 4 nitrogen and oxygen atoms in total. The second-order valence-corrected chi connectivity index (χ2v) is 5.95. The van der Waals surface area contributed by atoms with Crippen LogP contribution in [-0.2, 0) is 5.75 Å². The fraction of sp³-hybridized carbons (Fsp3) is 0.143. The van der Waals surface area contributed by atoms with Crippen LogP contribution in [0.5, 0.6) is 5.75 Å². The zero-order valence-corrected chi connectivity index (χ0v) is 13.3. The smallest absolute Gasteiger partial charge is 0.122 e. The number of pyridine rings is 1. The molecule has 1 heterocycles. The summed E-state index contributed by atoms with van der Waals surface area (Å²) in [6, 6.07) is 9.41. The van der Waals surface area contributed by atoms with E-state index in [4.69, 9.17) is 15.9 Å². The van der Waals surface area contributed by atoms with Crippen molar-refractivity contribution in [2.45, 2.75) is 10.8 Å². The van der Waals surface area contributed by atoms with Crippen LogP contribution in [0.15, 0.2) is 46.0 Å². The first kappa shape index (κ1) is 14.9. The van der Waals surface area contributed by atoms with E-state index < -0.39 is 0 Å². The molecule has 0 aliphatic heterocycles. The summed E-state index contributed by atoms with van der Waals surface area (Å²) in [6.45, 7) is 0. The topological polar surface area (TPSA) is 72.0 Å². The van der Waals surface area contributed by atoms with Crippen LogP contribution in [0.3, 0.4) is 0 Å². The number of nitrogens with two attached hydrogens (primary N) is 1. The summed E-state index contributed by atoms with van der Waals surface area (Å²) in [7, 11) is 1.63. The van der Waals surface area contributed by atoms with E-state index >= 15 is 0 Å². The molecule has 2 rings (SSSR count). The summed E-state index contributed by atoms with van der Waals surface area (Å²) < 4.78 is 6.29. The molecule has 0 atom stereocenters. The summed E-state index contributed by atoms with van der Waals surface area (Å²) in [6.07, 6.45) is 1.77. The van der Waals surface area contributed by atoms with Gasteiger partial charge in [0.1, 0.15) is 11.6 Å². The van der Waals surface area contributed by atoms with Crippen LogP contribution in [0, 0.1) is 5.41 Å². The molecular weight excluding hydrogens is 338 g/mol. The molecule has 3 N–H and O–H groups in total. The van der Waals surface area contributed by atoms with Gasteiger partial charge in [0.2, 0.25) is 0 Å². The van der Waals surface area contributed by atoms with Crippen LogP contribution in [0.1, 0.15) is 11.1 Å². The Hall–Kier alpha value is -1.53. The van der Waals surface area contributed by atoms with E-state index in [0.29, 0.717) is 11.3 Å². The predicted molar refractivity (Wildman–Crippen MR) is 85.5 cm³/mol. The first-order valence-electron chi connectivity index (χ1n) is 5.86. The van der Waals surface area contributed by atoms with E-state index in [2.05, 4.69) is 20.9 Å². The third-order valence-corrected chi connectivity index (χ3v) is 4.13. The van der Waals surface area contributed by atoms with Gasteiger partial charge in [-0.15, -0.1) is 11.8 Å². The Labute approximate surface area is 130 Å². The number of halogens is 1. The molecule has 0 fully saturated rings. The minimum absolute atomic E-state index is 0.0562. The molecule has 104 valence electrons. The largest absolute Gasteiger partial charge is 0.496 e. The second kappa shape index (κ2) is 6.76. The molecule has 6 heteroatoms. The highest BCUT2D eigenvalue weighted by atomic mass is 79.9. The van der Waals surface area contributed by atoms with Gasteiger partial charge in [-0.3, -0.25) is 5.41 Å². The van der Waals surface area contributed by atoms with Gasteiger partial charge in [0, 0.05) is 27.5 Å². The van der Waals surface area contributed by atoms with Crippen LogP contribution in [0.4, 0.5) is 0 Å². The first-order valence-corrected chi connectivity index (χ1v) is 7.63. The van der Waals surface area contributed by atoms with Gasteiger partial charge in [0.15, 0.2) is 0 Å². The van der Waals surface area contributed by atoms with Crippen molar-refractivity contribution in [1.29, 1.82) is 5.41 Å². The molecule has 1 aromatic carbocycles. The summed E-state index contributed by atoms with van der Waals surface area (Å²) in [5, 5.41) is 8.43. The number of aromatic nitrogens is 1. The molecule has 0 aliphatic rings. The highest BCUT2D eigenvalue weighted by molar-refractivity contribution is 9.10. The van der Waals surface area contributed by atoms with Gasteiger partial charge in [-0.25, -0.2) is 4.98 Å². The van der Waals surface area contributed by atoms with Gasteiger partial charge in [-0.05, 0) is 46.3 Å². The predicted octanol–water partition coefficient (Wildman–Crippen LogP) is 3.43. The summed E-state index contributed by atoms with van der Waals surface area (Å²) in [5.74, 6) is 1.55. The fourth-order valence-corrected chi connectivity index (χ4v) is 2.71. The van der Waals surface area contributed by atoms with Crippen LogP contribution in [0.2, 0.25) is 0 Å². The van der Waals surface area contributed by atoms with Gasteiger partial charge in [0.25, 0.3) is 0 Å². The van der Waals surface area contributed by atoms with Gasteiger partial charge in [0.05, 0.1) is 12.1 Å². The lowest BCUT2D eigenvalue weighted by Gasteiger charge is -2.10. The van der Waals surface area contributed by atoms with E-state index in [0.717, 1.165) is 20.8 Å². The van der Waals surface area contributed by atoms with Crippen molar-refractivity contribution in [2.24, 2.45) is 5.73 Å². The lowest BCUT2D eigenvalue weighted by atomic mass is 10.1. The van der Waals surface area contributed by atoms with Crippen molar-refractivity contribution < 1.29 is 4.74 Å². The van der Waals surface area contributed by atoms with Crippen LogP contribution >= 0.6 is 27.7 Å². The zero-order valence-electron chi connectivity index (χ0n) is 10.9. The number of hydrogen-bond acceptors (Lipinski definition) is 4. The molecule has 0 unspecified atom stereocenters. The molecular formula is C14H14BrN3OS. The maximum Gasteiger partial charge on any atom is 0.122 e. The van der Waals surface area contributed by atoms with Crippen molar-refractivity contribution in [3.63, 3.8) is 0 Å². The summed E-state index contributed by atoms with van der Waals surface area (Å²) in [5.41, 5.74) is 7.21. The van der Waals surface area contributed by atoms with Gasteiger partial charge in [-0.2, -0.15) is 0 Å². The van der Waals surface area contributed by atoms with Crippen molar-refractivity contribution in [3.8, 4) is 5.75 Å². The van der Waals surface area contributed by atoms with Crippen LogP contribution < -0.4 is 10.5 Å². The summed E-state index contributed by atoms with van der Waals surface area (Å²) >= 11 is 4.97. The van der Waals surface area contributed by atoms with Gasteiger partial charge < -0.3 is 10.5 Å². The lowest BCUT2D eigenvalue weighted by molar-refractivity contribution is 0.411. The lowest BCUT2D eigenvalue weighted by Crippen LogP contribution is -2.11. The molecule has 2 aromatic rings. The molecule has 0 bridgehead atoms. The Balaban J connectivity index is 2.16. The molecule has 0 radical (unpaired) electrons. The average Bonchev–Trinajstić information content (AvgIpc) is 2.46. The van der Waals surface area contributed by atoms with E-state index in [1.807, 2.05) is 24.3 Å². The first-order chi connectivity index (χ1) is 9.60.